The Morgan fingerprint density at radius 2 is 1.45 bits per heavy atom. The average Bonchev–Trinajstić information content (AvgIpc) is 3.10. The van der Waals surface area contributed by atoms with Crippen molar-refractivity contribution < 1.29 is 19.1 Å². The van der Waals surface area contributed by atoms with Gasteiger partial charge in [-0.25, -0.2) is 0 Å². The second-order valence-electron chi connectivity index (χ2n) is 10.8. The van der Waals surface area contributed by atoms with Gasteiger partial charge in [-0.15, -0.1) is 11.8 Å². The third kappa shape index (κ3) is 8.99. The fourth-order valence-corrected chi connectivity index (χ4v) is 5.79. The van der Waals surface area contributed by atoms with E-state index in [0.29, 0.717) is 22.6 Å². The summed E-state index contributed by atoms with van der Waals surface area (Å²) in [5, 5.41) is 8.24. The number of carbonyl (C=O) groups is 3. The standard InChI is InChI=1S/C39H35N3O4S/c1-26-17-18-27(2)34(23-26)41-39(45)36(29-12-6-4-7-13-29)47-33-21-19-31(20-22-33)40-38(44)35(25-28-11-10-16-32(24-28)46-3)42-37(43)30-14-8-5-9-15-30/h4-25,36H,1-3H3,(H,40,44)(H,41,45)(H,42,43)/b35-25-. The molecule has 236 valence electrons. The van der Waals surface area contributed by atoms with Crippen LogP contribution >= 0.6 is 11.8 Å². The number of ether oxygens (including phenoxy) is 1. The summed E-state index contributed by atoms with van der Waals surface area (Å²) in [7, 11) is 1.56. The minimum absolute atomic E-state index is 0.0674. The van der Waals surface area contributed by atoms with Crippen LogP contribution in [0.2, 0.25) is 0 Å². The number of nitrogens with one attached hydrogen (secondary N) is 3. The topological polar surface area (TPSA) is 96.5 Å². The van der Waals surface area contributed by atoms with Crippen LogP contribution in [0.3, 0.4) is 0 Å². The zero-order chi connectivity index (χ0) is 33.2. The first kappa shape index (κ1) is 32.8. The van der Waals surface area contributed by atoms with Crippen molar-refractivity contribution in [3.8, 4) is 5.75 Å². The van der Waals surface area contributed by atoms with Gasteiger partial charge in [-0.1, -0.05) is 72.8 Å². The lowest BCUT2D eigenvalue weighted by Crippen LogP contribution is -2.30. The van der Waals surface area contributed by atoms with Crippen molar-refractivity contribution in [1.29, 1.82) is 0 Å². The zero-order valence-electron chi connectivity index (χ0n) is 26.3. The molecule has 0 aliphatic carbocycles. The third-order valence-corrected chi connectivity index (χ3v) is 8.56. The Morgan fingerprint density at radius 3 is 2.15 bits per heavy atom. The van der Waals surface area contributed by atoms with Crippen molar-refractivity contribution in [2.45, 2.75) is 24.0 Å². The Hall–Kier alpha value is -5.60. The molecule has 5 aromatic carbocycles. The first-order valence-electron chi connectivity index (χ1n) is 15.0. The van der Waals surface area contributed by atoms with Crippen LogP contribution in [0.5, 0.6) is 5.75 Å². The Kier molecular flexibility index (Phi) is 10.9. The fourth-order valence-electron chi connectivity index (χ4n) is 4.76. The number of hydrogen-bond donors (Lipinski definition) is 3. The van der Waals surface area contributed by atoms with Crippen molar-refractivity contribution in [2.24, 2.45) is 0 Å². The van der Waals surface area contributed by atoms with E-state index in [0.717, 1.165) is 27.3 Å². The van der Waals surface area contributed by atoms with Crippen LogP contribution in [0, 0.1) is 13.8 Å². The van der Waals surface area contributed by atoms with Crippen LogP contribution in [0.25, 0.3) is 6.08 Å². The highest BCUT2D eigenvalue weighted by Crippen LogP contribution is 2.37. The molecule has 0 fully saturated rings. The maximum Gasteiger partial charge on any atom is 0.272 e. The number of amides is 3. The molecule has 3 N–H and O–H groups in total. The maximum absolute atomic E-state index is 13.6. The SMILES string of the molecule is COc1cccc(/C=C(\NC(=O)c2ccccc2)C(=O)Nc2ccc(SC(C(=O)Nc3cc(C)ccc3C)c3ccccc3)cc2)c1. The van der Waals surface area contributed by atoms with E-state index in [9.17, 15) is 14.4 Å². The zero-order valence-corrected chi connectivity index (χ0v) is 27.1. The van der Waals surface area contributed by atoms with E-state index in [1.165, 1.54) is 11.8 Å². The lowest BCUT2D eigenvalue weighted by molar-refractivity contribution is -0.116. The Morgan fingerprint density at radius 1 is 0.745 bits per heavy atom. The number of carbonyl (C=O) groups excluding carboxylic acids is 3. The van der Waals surface area contributed by atoms with Crippen LogP contribution in [-0.4, -0.2) is 24.8 Å². The molecule has 3 amide bonds. The quantitative estimate of drug-likeness (QED) is 0.0998. The van der Waals surface area contributed by atoms with Crippen molar-refractivity contribution in [3.05, 3.63) is 161 Å². The van der Waals surface area contributed by atoms with E-state index in [1.807, 2.05) is 86.6 Å². The van der Waals surface area contributed by atoms with Gasteiger partial charge in [0.05, 0.1) is 7.11 Å². The summed E-state index contributed by atoms with van der Waals surface area (Å²) in [4.78, 5) is 41.0. The highest BCUT2D eigenvalue weighted by atomic mass is 32.2. The molecular weight excluding hydrogens is 607 g/mol. The maximum atomic E-state index is 13.6. The van der Waals surface area contributed by atoms with E-state index in [-0.39, 0.29) is 11.6 Å². The minimum atomic E-state index is -0.512. The minimum Gasteiger partial charge on any atom is -0.497 e. The Balaban J connectivity index is 1.34. The molecule has 1 unspecified atom stereocenters. The number of anilines is 2. The van der Waals surface area contributed by atoms with Gasteiger partial charge in [0.2, 0.25) is 5.91 Å². The highest BCUT2D eigenvalue weighted by molar-refractivity contribution is 8.00. The molecule has 8 heteroatoms. The summed E-state index contributed by atoms with van der Waals surface area (Å²) < 4.78 is 5.32. The van der Waals surface area contributed by atoms with Crippen LogP contribution in [0.1, 0.15) is 37.9 Å². The summed E-state index contributed by atoms with van der Waals surface area (Å²) in [6.07, 6.45) is 1.60. The molecule has 1 atom stereocenters. The molecular formula is C39H35N3O4S. The largest absolute Gasteiger partial charge is 0.497 e. The highest BCUT2D eigenvalue weighted by Gasteiger charge is 2.23. The summed E-state index contributed by atoms with van der Waals surface area (Å²) >= 11 is 1.42. The fraction of sp³-hybridized carbons (Fsp3) is 0.103. The Labute approximate surface area is 279 Å². The summed E-state index contributed by atoms with van der Waals surface area (Å²) in [6.45, 7) is 3.96. The molecule has 47 heavy (non-hydrogen) atoms. The van der Waals surface area contributed by atoms with E-state index in [2.05, 4.69) is 16.0 Å². The molecule has 0 spiro atoms. The van der Waals surface area contributed by atoms with Gasteiger partial charge in [-0.2, -0.15) is 0 Å². The van der Waals surface area contributed by atoms with E-state index < -0.39 is 17.1 Å². The summed E-state index contributed by atoms with van der Waals surface area (Å²) in [6, 6.07) is 38.8. The van der Waals surface area contributed by atoms with Gasteiger partial charge in [0.1, 0.15) is 16.7 Å². The predicted molar refractivity (Wildman–Crippen MR) is 190 cm³/mol. The molecule has 0 aromatic heterocycles. The van der Waals surface area contributed by atoms with Gasteiger partial charge in [0, 0.05) is 21.8 Å². The van der Waals surface area contributed by atoms with Crippen LogP contribution in [-0.2, 0) is 9.59 Å². The smallest absolute Gasteiger partial charge is 0.272 e. The van der Waals surface area contributed by atoms with Crippen LogP contribution in [0.4, 0.5) is 11.4 Å². The molecule has 0 aliphatic heterocycles. The average molecular weight is 642 g/mol. The van der Waals surface area contributed by atoms with Gasteiger partial charge in [0.25, 0.3) is 11.8 Å². The van der Waals surface area contributed by atoms with Crippen LogP contribution < -0.4 is 20.7 Å². The van der Waals surface area contributed by atoms with Crippen molar-refractivity contribution in [1.82, 2.24) is 5.32 Å². The number of aryl methyl sites for hydroxylation is 2. The van der Waals surface area contributed by atoms with Gasteiger partial charge < -0.3 is 20.7 Å². The van der Waals surface area contributed by atoms with Crippen molar-refractivity contribution in [2.75, 3.05) is 17.7 Å². The first-order chi connectivity index (χ1) is 22.8. The molecule has 0 aliphatic rings. The van der Waals surface area contributed by atoms with Gasteiger partial charge >= 0.3 is 0 Å². The normalized spacial score (nSPS) is 11.7. The molecule has 0 saturated carbocycles. The lowest BCUT2D eigenvalue weighted by Gasteiger charge is -2.18. The predicted octanol–water partition coefficient (Wildman–Crippen LogP) is 8.19. The second-order valence-corrected chi connectivity index (χ2v) is 12.0. The van der Waals surface area contributed by atoms with E-state index in [4.69, 9.17) is 4.74 Å². The molecule has 0 radical (unpaired) electrons. The number of methoxy groups -OCH3 is 1. The van der Waals surface area contributed by atoms with Gasteiger partial charge in [-0.3, -0.25) is 14.4 Å². The number of benzene rings is 5. The molecule has 5 rings (SSSR count). The second kappa shape index (κ2) is 15.6. The number of thioether (sulfide) groups is 1. The molecule has 0 heterocycles. The number of rotatable bonds is 11. The van der Waals surface area contributed by atoms with E-state index in [1.54, 1.807) is 67.8 Å². The van der Waals surface area contributed by atoms with Gasteiger partial charge in [0.15, 0.2) is 0 Å². The number of hydrogen-bond acceptors (Lipinski definition) is 5. The summed E-state index contributed by atoms with van der Waals surface area (Å²) in [5.74, 6) is -0.411. The van der Waals surface area contributed by atoms with Crippen LogP contribution in [0.15, 0.2) is 138 Å². The Bertz CT molecular complexity index is 1890. The third-order valence-electron chi connectivity index (χ3n) is 7.29. The van der Waals surface area contributed by atoms with Gasteiger partial charge in [-0.05, 0) is 96.8 Å². The molecule has 0 bridgehead atoms. The summed E-state index contributed by atoms with van der Waals surface area (Å²) in [5.41, 5.74) is 5.41. The molecule has 7 nitrogen and oxygen atoms in total. The molecule has 0 saturated heterocycles. The van der Waals surface area contributed by atoms with Crippen molar-refractivity contribution >= 4 is 46.9 Å². The monoisotopic (exact) mass is 641 g/mol. The van der Waals surface area contributed by atoms with E-state index >= 15 is 0 Å². The molecule has 5 aromatic rings. The first-order valence-corrected chi connectivity index (χ1v) is 15.9. The van der Waals surface area contributed by atoms with Crippen molar-refractivity contribution in [3.63, 3.8) is 0 Å². The lowest BCUT2D eigenvalue weighted by atomic mass is 10.1.